The molecule has 0 atom stereocenters. The molecule has 0 unspecified atom stereocenters. The van der Waals surface area contributed by atoms with Crippen molar-refractivity contribution in [2.24, 2.45) is 0 Å². The molecule has 0 aliphatic heterocycles. The Hall–Kier alpha value is -2.17. The summed E-state index contributed by atoms with van der Waals surface area (Å²) in [6, 6.07) is 5.69. The van der Waals surface area contributed by atoms with Crippen LogP contribution in [0.25, 0.3) is 0 Å². The molecule has 0 saturated carbocycles. The highest BCUT2D eigenvalue weighted by atomic mass is 16.5. The lowest BCUT2D eigenvalue weighted by Gasteiger charge is -2.08. The number of hydrogen-bond acceptors (Lipinski definition) is 5. The average Bonchev–Trinajstić information content (AvgIpc) is 2.29. The highest BCUT2D eigenvalue weighted by Crippen LogP contribution is 2.24. The van der Waals surface area contributed by atoms with Gasteiger partial charge in [-0.25, -0.2) is 0 Å². The molecule has 0 spiro atoms. The Morgan fingerprint density at radius 2 is 1.82 bits per heavy atom. The summed E-state index contributed by atoms with van der Waals surface area (Å²) in [7, 11) is 0. The first-order chi connectivity index (χ1) is 8.06. The van der Waals surface area contributed by atoms with E-state index in [1.165, 1.54) is 0 Å². The largest absolute Gasteiger partial charge is 0.423 e. The van der Waals surface area contributed by atoms with Crippen LogP contribution in [0.4, 0.5) is 5.69 Å². The van der Waals surface area contributed by atoms with Crippen molar-refractivity contribution in [3.8, 4) is 11.8 Å². The number of anilines is 1. The molecule has 0 fully saturated rings. The maximum Gasteiger partial charge on any atom is 0.341 e. The zero-order chi connectivity index (χ0) is 12.4. The molecule has 88 valence electrons. The molecular formula is C12H14N4O. The van der Waals surface area contributed by atoms with E-state index in [-0.39, 0.29) is 6.01 Å². The summed E-state index contributed by atoms with van der Waals surface area (Å²) < 4.78 is 5.56. The first-order valence-electron chi connectivity index (χ1n) is 5.28. The van der Waals surface area contributed by atoms with Gasteiger partial charge in [-0.1, -0.05) is 11.2 Å². The Morgan fingerprint density at radius 3 is 2.53 bits per heavy atom. The third-order valence-corrected chi connectivity index (χ3v) is 2.49. The van der Waals surface area contributed by atoms with Crippen molar-refractivity contribution in [2.45, 2.75) is 20.8 Å². The summed E-state index contributed by atoms with van der Waals surface area (Å²) >= 11 is 0. The minimum Gasteiger partial charge on any atom is -0.423 e. The van der Waals surface area contributed by atoms with Crippen LogP contribution < -0.4 is 10.5 Å². The van der Waals surface area contributed by atoms with Crippen molar-refractivity contribution < 1.29 is 4.74 Å². The average molecular weight is 230 g/mol. The molecule has 2 rings (SSSR count). The number of nitrogens with two attached hydrogens (primary N) is 1. The van der Waals surface area contributed by atoms with Gasteiger partial charge >= 0.3 is 6.01 Å². The molecule has 0 saturated heterocycles. The molecule has 0 amide bonds. The fourth-order valence-electron chi connectivity index (χ4n) is 1.31. The van der Waals surface area contributed by atoms with Crippen LogP contribution in [0.5, 0.6) is 11.8 Å². The second-order valence-electron chi connectivity index (χ2n) is 3.89. The number of nitrogens with zero attached hydrogens (tertiary/aromatic N) is 3. The molecular weight excluding hydrogens is 216 g/mol. The lowest BCUT2D eigenvalue weighted by atomic mass is 10.2. The molecule has 1 heterocycles. The van der Waals surface area contributed by atoms with E-state index in [1.54, 1.807) is 6.07 Å². The molecule has 0 aliphatic rings. The minimum absolute atomic E-state index is 0.238. The number of ether oxygens (including phenoxy) is 1. The van der Waals surface area contributed by atoms with Crippen LogP contribution >= 0.6 is 0 Å². The molecule has 0 bridgehead atoms. The lowest BCUT2D eigenvalue weighted by molar-refractivity contribution is 0.427. The predicted molar refractivity (Wildman–Crippen MR) is 65.0 cm³/mol. The monoisotopic (exact) mass is 230 g/mol. The third-order valence-electron chi connectivity index (χ3n) is 2.49. The van der Waals surface area contributed by atoms with Gasteiger partial charge in [0, 0.05) is 11.8 Å². The van der Waals surface area contributed by atoms with Crippen molar-refractivity contribution >= 4 is 5.69 Å². The lowest BCUT2D eigenvalue weighted by Crippen LogP contribution is -2.00. The molecule has 2 N–H and O–H groups in total. The fraction of sp³-hybridized carbons (Fsp3) is 0.250. The summed E-state index contributed by atoms with van der Waals surface area (Å²) in [5.74, 6) is 0.648. The van der Waals surface area contributed by atoms with Crippen LogP contribution in [0, 0.1) is 20.8 Å². The van der Waals surface area contributed by atoms with Crippen LogP contribution in [-0.2, 0) is 0 Å². The van der Waals surface area contributed by atoms with Gasteiger partial charge in [0.1, 0.15) is 5.75 Å². The molecule has 5 nitrogen and oxygen atoms in total. The van der Waals surface area contributed by atoms with Crippen molar-refractivity contribution in [3.05, 3.63) is 35.2 Å². The molecule has 5 heteroatoms. The van der Waals surface area contributed by atoms with E-state index in [2.05, 4.69) is 15.2 Å². The summed E-state index contributed by atoms with van der Waals surface area (Å²) in [5.41, 5.74) is 8.91. The smallest absolute Gasteiger partial charge is 0.341 e. The Morgan fingerprint density at radius 1 is 1.06 bits per heavy atom. The number of aromatic nitrogens is 3. The Labute approximate surface area is 99.7 Å². The van der Waals surface area contributed by atoms with Gasteiger partial charge in [0.2, 0.25) is 0 Å². The molecule has 1 aromatic carbocycles. The van der Waals surface area contributed by atoms with E-state index in [4.69, 9.17) is 10.5 Å². The molecule has 2 aromatic rings. The third kappa shape index (κ3) is 2.50. The number of nitrogen functional groups attached to an aromatic ring is 1. The highest BCUT2D eigenvalue weighted by molar-refractivity contribution is 5.48. The van der Waals surface area contributed by atoms with Crippen LogP contribution in [0.3, 0.4) is 0 Å². The van der Waals surface area contributed by atoms with Crippen LogP contribution in [0.2, 0.25) is 0 Å². The van der Waals surface area contributed by atoms with Gasteiger partial charge in [-0.05, 0) is 32.4 Å². The van der Waals surface area contributed by atoms with E-state index in [1.807, 2.05) is 32.9 Å². The second-order valence-corrected chi connectivity index (χ2v) is 3.89. The maximum absolute atomic E-state index is 5.70. The van der Waals surface area contributed by atoms with E-state index < -0.39 is 0 Å². The van der Waals surface area contributed by atoms with E-state index in [0.29, 0.717) is 11.4 Å². The SMILES string of the molecule is Cc1ccc(N)cc1Oc1nnc(C)c(C)n1. The van der Waals surface area contributed by atoms with Gasteiger partial charge < -0.3 is 10.5 Å². The first kappa shape index (κ1) is 11.3. The van der Waals surface area contributed by atoms with Gasteiger partial charge in [-0.3, -0.25) is 0 Å². The normalized spacial score (nSPS) is 10.3. The van der Waals surface area contributed by atoms with Gasteiger partial charge in [0.25, 0.3) is 0 Å². The van der Waals surface area contributed by atoms with Crippen LogP contribution in [0.1, 0.15) is 17.0 Å². The van der Waals surface area contributed by atoms with Crippen molar-refractivity contribution in [2.75, 3.05) is 5.73 Å². The Bertz CT molecular complexity index is 554. The number of benzene rings is 1. The quantitative estimate of drug-likeness (QED) is 0.800. The van der Waals surface area contributed by atoms with Gasteiger partial charge in [0.05, 0.1) is 11.4 Å². The summed E-state index contributed by atoms with van der Waals surface area (Å²) in [6.07, 6.45) is 0. The Kier molecular flexibility index (Phi) is 2.91. The van der Waals surface area contributed by atoms with Gasteiger partial charge in [-0.2, -0.15) is 4.98 Å². The van der Waals surface area contributed by atoms with Crippen molar-refractivity contribution in [1.82, 2.24) is 15.2 Å². The summed E-state index contributed by atoms with van der Waals surface area (Å²) in [5, 5.41) is 7.84. The van der Waals surface area contributed by atoms with Gasteiger partial charge in [-0.15, -0.1) is 5.10 Å². The Balaban J connectivity index is 2.31. The van der Waals surface area contributed by atoms with Gasteiger partial charge in [0.15, 0.2) is 0 Å². The maximum atomic E-state index is 5.70. The van der Waals surface area contributed by atoms with E-state index in [9.17, 15) is 0 Å². The molecule has 0 aliphatic carbocycles. The number of hydrogen-bond donors (Lipinski definition) is 1. The molecule has 0 radical (unpaired) electrons. The minimum atomic E-state index is 0.238. The standard InChI is InChI=1S/C12H14N4O/c1-7-4-5-10(13)6-11(7)17-12-14-8(2)9(3)15-16-12/h4-6H,13H2,1-3H3. The number of aryl methyl sites for hydroxylation is 3. The van der Waals surface area contributed by atoms with E-state index >= 15 is 0 Å². The summed E-state index contributed by atoms with van der Waals surface area (Å²) in [6.45, 7) is 5.65. The zero-order valence-corrected chi connectivity index (χ0v) is 10.1. The van der Waals surface area contributed by atoms with E-state index in [0.717, 1.165) is 17.0 Å². The van der Waals surface area contributed by atoms with Crippen molar-refractivity contribution in [3.63, 3.8) is 0 Å². The predicted octanol–water partition coefficient (Wildman–Crippen LogP) is 2.17. The zero-order valence-electron chi connectivity index (χ0n) is 10.1. The first-order valence-corrected chi connectivity index (χ1v) is 5.28. The summed E-state index contributed by atoms with van der Waals surface area (Å²) in [4.78, 5) is 4.20. The highest BCUT2D eigenvalue weighted by Gasteiger charge is 2.06. The molecule has 1 aromatic heterocycles. The second kappa shape index (κ2) is 4.37. The van der Waals surface area contributed by atoms with Crippen LogP contribution in [-0.4, -0.2) is 15.2 Å². The fourth-order valence-corrected chi connectivity index (χ4v) is 1.31. The van der Waals surface area contributed by atoms with Crippen molar-refractivity contribution in [1.29, 1.82) is 0 Å². The molecule has 17 heavy (non-hydrogen) atoms. The van der Waals surface area contributed by atoms with Crippen LogP contribution in [0.15, 0.2) is 18.2 Å². The topological polar surface area (TPSA) is 73.9 Å². The number of rotatable bonds is 2.